The molecule has 0 radical (unpaired) electrons. The van der Waals surface area contributed by atoms with Crippen LogP contribution in [0, 0.1) is 6.92 Å². The van der Waals surface area contributed by atoms with E-state index in [0.29, 0.717) is 5.69 Å². The highest BCUT2D eigenvalue weighted by Gasteiger charge is 2.11. The van der Waals surface area contributed by atoms with Crippen LogP contribution < -0.4 is 5.73 Å². The highest BCUT2D eigenvalue weighted by molar-refractivity contribution is 5.94. The molecule has 0 bridgehead atoms. The van der Waals surface area contributed by atoms with Crippen LogP contribution in [-0.2, 0) is 6.42 Å². The van der Waals surface area contributed by atoms with E-state index in [2.05, 4.69) is 9.97 Å². The van der Waals surface area contributed by atoms with Crippen LogP contribution in [0.2, 0.25) is 0 Å². The molecule has 0 amide bonds. The van der Waals surface area contributed by atoms with Crippen molar-refractivity contribution >= 4 is 11.7 Å². The molecule has 0 aliphatic carbocycles. The molecule has 0 aliphatic heterocycles. The molecule has 0 saturated carbocycles. The van der Waals surface area contributed by atoms with Crippen LogP contribution in [0.3, 0.4) is 0 Å². The molecule has 0 aliphatic rings. The predicted octanol–water partition coefficient (Wildman–Crippen LogP) is 1.13. The first kappa shape index (κ1) is 9.64. The number of hydrogen-bond donors (Lipinski definition) is 1. The quantitative estimate of drug-likeness (QED) is 0.691. The Morgan fingerprint density at radius 3 is 2.54 bits per heavy atom. The van der Waals surface area contributed by atoms with Gasteiger partial charge in [0.25, 0.3) is 0 Å². The number of ketones is 1. The fraction of sp³-hybridized carbons (Fsp3) is 0.444. The molecular weight excluding hydrogens is 166 g/mol. The lowest BCUT2D eigenvalue weighted by molar-refractivity contribution is 0.101. The molecule has 0 atom stereocenters. The SMILES string of the molecule is CCc1c(C)nc(N)nc1C(C)=O. The third-order valence-electron chi connectivity index (χ3n) is 1.92. The topological polar surface area (TPSA) is 68.9 Å². The van der Waals surface area contributed by atoms with E-state index in [-0.39, 0.29) is 11.7 Å². The van der Waals surface area contributed by atoms with Crippen molar-refractivity contribution in [3.05, 3.63) is 17.0 Å². The lowest BCUT2D eigenvalue weighted by Gasteiger charge is -2.07. The Labute approximate surface area is 77.2 Å². The lowest BCUT2D eigenvalue weighted by atomic mass is 10.1. The van der Waals surface area contributed by atoms with Crippen LogP contribution in [-0.4, -0.2) is 15.8 Å². The lowest BCUT2D eigenvalue weighted by Crippen LogP contribution is -2.10. The maximum atomic E-state index is 11.2. The van der Waals surface area contributed by atoms with E-state index in [9.17, 15) is 4.79 Å². The fourth-order valence-corrected chi connectivity index (χ4v) is 1.33. The summed E-state index contributed by atoms with van der Waals surface area (Å²) in [5.41, 5.74) is 7.58. The normalized spacial score (nSPS) is 10.1. The fourth-order valence-electron chi connectivity index (χ4n) is 1.33. The molecule has 0 saturated heterocycles. The minimum Gasteiger partial charge on any atom is -0.368 e. The summed E-state index contributed by atoms with van der Waals surface area (Å²) >= 11 is 0. The van der Waals surface area contributed by atoms with E-state index in [0.717, 1.165) is 17.7 Å². The zero-order valence-corrected chi connectivity index (χ0v) is 8.09. The summed E-state index contributed by atoms with van der Waals surface area (Å²) in [6, 6.07) is 0. The Balaban J connectivity index is 3.38. The van der Waals surface area contributed by atoms with Crippen molar-refractivity contribution in [1.29, 1.82) is 0 Å². The molecule has 1 aromatic rings. The number of nitrogens with zero attached hydrogens (tertiary/aromatic N) is 2. The molecule has 1 aromatic heterocycles. The smallest absolute Gasteiger partial charge is 0.220 e. The van der Waals surface area contributed by atoms with E-state index in [4.69, 9.17) is 5.73 Å². The molecular formula is C9H13N3O. The summed E-state index contributed by atoms with van der Waals surface area (Å²) in [6.45, 7) is 5.29. The first-order chi connectivity index (χ1) is 6.06. The largest absolute Gasteiger partial charge is 0.368 e. The summed E-state index contributed by atoms with van der Waals surface area (Å²) in [5, 5.41) is 0. The van der Waals surface area contributed by atoms with E-state index >= 15 is 0 Å². The van der Waals surface area contributed by atoms with Gasteiger partial charge in [0, 0.05) is 18.2 Å². The molecule has 0 unspecified atom stereocenters. The second-order valence-corrected chi connectivity index (χ2v) is 2.90. The van der Waals surface area contributed by atoms with Gasteiger partial charge in [0.1, 0.15) is 5.69 Å². The van der Waals surface area contributed by atoms with Gasteiger partial charge in [-0.3, -0.25) is 4.79 Å². The molecule has 13 heavy (non-hydrogen) atoms. The molecule has 2 N–H and O–H groups in total. The zero-order valence-electron chi connectivity index (χ0n) is 8.09. The van der Waals surface area contributed by atoms with Crippen molar-refractivity contribution in [3.63, 3.8) is 0 Å². The molecule has 0 aromatic carbocycles. The third-order valence-corrected chi connectivity index (χ3v) is 1.92. The van der Waals surface area contributed by atoms with Crippen molar-refractivity contribution in [2.45, 2.75) is 27.2 Å². The van der Waals surface area contributed by atoms with Crippen molar-refractivity contribution in [2.75, 3.05) is 5.73 Å². The molecule has 0 fully saturated rings. The van der Waals surface area contributed by atoms with Crippen LogP contribution in [0.5, 0.6) is 0 Å². The molecule has 4 heteroatoms. The molecule has 70 valence electrons. The van der Waals surface area contributed by atoms with Crippen LogP contribution in [0.1, 0.15) is 35.6 Å². The number of aryl methyl sites for hydroxylation is 1. The van der Waals surface area contributed by atoms with Gasteiger partial charge in [-0.1, -0.05) is 6.92 Å². The number of rotatable bonds is 2. The van der Waals surface area contributed by atoms with E-state index in [1.54, 1.807) is 0 Å². The standard InChI is InChI=1S/C9H13N3O/c1-4-7-5(2)11-9(10)12-8(7)6(3)13/h4H2,1-3H3,(H2,10,11,12). The van der Waals surface area contributed by atoms with E-state index < -0.39 is 0 Å². The number of nitrogen functional groups attached to an aromatic ring is 1. The summed E-state index contributed by atoms with van der Waals surface area (Å²) < 4.78 is 0. The first-order valence-electron chi connectivity index (χ1n) is 4.20. The van der Waals surface area contributed by atoms with Crippen LogP contribution >= 0.6 is 0 Å². The van der Waals surface area contributed by atoms with Gasteiger partial charge >= 0.3 is 0 Å². The van der Waals surface area contributed by atoms with Gasteiger partial charge in [0.2, 0.25) is 5.95 Å². The second kappa shape index (κ2) is 3.51. The predicted molar refractivity (Wildman–Crippen MR) is 50.6 cm³/mol. The highest BCUT2D eigenvalue weighted by Crippen LogP contribution is 2.12. The van der Waals surface area contributed by atoms with Gasteiger partial charge in [-0.25, -0.2) is 9.97 Å². The van der Waals surface area contributed by atoms with Gasteiger partial charge in [-0.2, -0.15) is 0 Å². The number of carbonyl (C=O) groups is 1. The summed E-state index contributed by atoms with van der Waals surface area (Å²) in [7, 11) is 0. The van der Waals surface area contributed by atoms with E-state index in [1.165, 1.54) is 6.92 Å². The molecule has 0 spiro atoms. The Bertz CT molecular complexity index is 347. The molecule has 4 nitrogen and oxygen atoms in total. The number of aromatic nitrogens is 2. The second-order valence-electron chi connectivity index (χ2n) is 2.90. The minimum absolute atomic E-state index is 0.0611. The molecule has 1 rings (SSSR count). The van der Waals surface area contributed by atoms with Crippen molar-refractivity contribution in [3.8, 4) is 0 Å². The number of carbonyl (C=O) groups excluding carboxylic acids is 1. The summed E-state index contributed by atoms with van der Waals surface area (Å²) in [5.74, 6) is 0.106. The van der Waals surface area contributed by atoms with Gasteiger partial charge in [0.05, 0.1) is 0 Å². The summed E-state index contributed by atoms with van der Waals surface area (Å²) in [4.78, 5) is 19.1. The monoisotopic (exact) mass is 179 g/mol. The van der Waals surface area contributed by atoms with Crippen LogP contribution in [0.15, 0.2) is 0 Å². The Kier molecular flexibility index (Phi) is 2.60. The minimum atomic E-state index is -0.0611. The molecule has 1 heterocycles. The Morgan fingerprint density at radius 1 is 1.46 bits per heavy atom. The number of nitrogens with two attached hydrogens (primary N) is 1. The van der Waals surface area contributed by atoms with E-state index in [1.807, 2.05) is 13.8 Å². The maximum Gasteiger partial charge on any atom is 0.220 e. The average Bonchev–Trinajstić information content (AvgIpc) is 2.02. The van der Waals surface area contributed by atoms with Gasteiger partial charge in [-0.05, 0) is 13.3 Å². The number of Topliss-reactive ketones (excluding diaryl/α,β-unsaturated/α-hetero) is 1. The Hall–Kier alpha value is -1.45. The first-order valence-corrected chi connectivity index (χ1v) is 4.20. The maximum absolute atomic E-state index is 11.2. The zero-order chi connectivity index (χ0) is 10.0. The summed E-state index contributed by atoms with van der Waals surface area (Å²) in [6.07, 6.45) is 0.751. The average molecular weight is 179 g/mol. The van der Waals surface area contributed by atoms with Gasteiger partial charge in [0.15, 0.2) is 5.78 Å². The Morgan fingerprint density at radius 2 is 2.08 bits per heavy atom. The van der Waals surface area contributed by atoms with Crippen molar-refractivity contribution < 1.29 is 4.79 Å². The van der Waals surface area contributed by atoms with Crippen molar-refractivity contribution in [2.24, 2.45) is 0 Å². The van der Waals surface area contributed by atoms with Crippen molar-refractivity contribution in [1.82, 2.24) is 9.97 Å². The van der Waals surface area contributed by atoms with Crippen LogP contribution in [0.25, 0.3) is 0 Å². The van der Waals surface area contributed by atoms with Gasteiger partial charge in [-0.15, -0.1) is 0 Å². The number of anilines is 1. The number of hydrogen-bond acceptors (Lipinski definition) is 4. The third kappa shape index (κ3) is 1.83. The van der Waals surface area contributed by atoms with Gasteiger partial charge < -0.3 is 5.73 Å². The van der Waals surface area contributed by atoms with Crippen LogP contribution in [0.4, 0.5) is 5.95 Å². The highest BCUT2D eigenvalue weighted by atomic mass is 16.1.